The molecule has 0 aliphatic carbocycles. The summed E-state index contributed by atoms with van der Waals surface area (Å²) in [7, 11) is 0. The van der Waals surface area contributed by atoms with E-state index in [1.54, 1.807) is 10.8 Å². The van der Waals surface area contributed by atoms with Crippen molar-refractivity contribution in [1.29, 1.82) is 0 Å². The molecule has 1 aromatic heterocycles. The van der Waals surface area contributed by atoms with Crippen molar-refractivity contribution < 1.29 is 4.79 Å². The highest BCUT2D eigenvalue weighted by Gasteiger charge is 2.08. The Bertz CT molecular complexity index is 604. The second-order valence-electron chi connectivity index (χ2n) is 4.92. The van der Waals surface area contributed by atoms with Crippen molar-refractivity contribution in [3.8, 4) is 0 Å². The fourth-order valence-corrected chi connectivity index (χ4v) is 1.87. The molecule has 110 valence electrons. The van der Waals surface area contributed by atoms with Crippen LogP contribution in [-0.2, 0) is 11.2 Å². The fraction of sp³-hybridized carbons (Fsp3) is 0.333. The van der Waals surface area contributed by atoms with Crippen molar-refractivity contribution in [1.82, 2.24) is 25.5 Å². The molecule has 0 atom stereocenters. The van der Waals surface area contributed by atoms with E-state index in [2.05, 4.69) is 20.8 Å². The number of benzene rings is 1. The zero-order valence-electron chi connectivity index (χ0n) is 12.2. The summed E-state index contributed by atoms with van der Waals surface area (Å²) in [5.41, 5.74) is 0.997. The molecule has 21 heavy (non-hydrogen) atoms. The van der Waals surface area contributed by atoms with Gasteiger partial charge in [-0.15, -0.1) is 5.10 Å². The van der Waals surface area contributed by atoms with Crippen molar-refractivity contribution in [2.75, 3.05) is 6.54 Å². The van der Waals surface area contributed by atoms with E-state index < -0.39 is 0 Å². The van der Waals surface area contributed by atoms with Gasteiger partial charge in [-0.25, -0.2) is 4.68 Å². The number of carbonyl (C=O) groups excluding carboxylic acids is 1. The number of hydrogen-bond donors (Lipinski definition) is 1. The Morgan fingerprint density at radius 2 is 2.10 bits per heavy atom. The summed E-state index contributed by atoms with van der Waals surface area (Å²) in [6.07, 6.45) is 3.92. The maximum atomic E-state index is 11.7. The summed E-state index contributed by atoms with van der Waals surface area (Å²) in [6.45, 7) is 4.53. The van der Waals surface area contributed by atoms with Crippen molar-refractivity contribution in [3.05, 3.63) is 47.8 Å². The molecule has 6 heteroatoms. The lowest BCUT2D eigenvalue weighted by molar-refractivity contribution is -0.116. The zero-order chi connectivity index (χ0) is 15.1. The van der Waals surface area contributed by atoms with Crippen LogP contribution >= 0.6 is 0 Å². The summed E-state index contributed by atoms with van der Waals surface area (Å²) in [6, 6.07) is 9.91. The number of aromatic nitrogens is 4. The van der Waals surface area contributed by atoms with Gasteiger partial charge in [0.2, 0.25) is 5.91 Å². The van der Waals surface area contributed by atoms with Crippen molar-refractivity contribution in [2.24, 2.45) is 0 Å². The van der Waals surface area contributed by atoms with E-state index in [-0.39, 0.29) is 11.9 Å². The van der Waals surface area contributed by atoms with E-state index in [4.69, 9.17) is 0 Å². The van der Waals surface area contributed by atoms with Crippen LogP contribution < -0.4 is 5.32 Å². The SMILES string of the molecule is CC(C)n1nnnc1CCNC(=O)/C=C/c1ccccc1. The van der Waals surface area contributed by atoms with Gasteiger partial charge >= 0.3 is 0 Å². The van der Waals surface area contributed by atoms with E-state index >= 15 is 0 Å². The first-order chi connectivity index (χ1) is 10.2. The number of hydrogen-bond acceptors (Lipinski definition) is 4. The van der Waals surface area contributed by atoms with E-state index in [0.717, 1.165) is 11.4 Å². The molecule has 1 N–H and O–H groups in total. The topological polar surface area (TPSA) is 72.7 Å². The van der Waals surface area contributed by atoms with Crippen LogP contribution in [0.2, 0.25) is 0 Å². The highest BCUT2D eigenvalue weighted by molar-refractivity contribution is 5.91. The molecule has 1 heterocycles. The molecule has 0 fully saturated rings. The largest absolute Gasteiger partial charge is 0.352 e. The summed E-state index contributed by atoms with van der Waals surface area (Å²) in [5.74, 6) is 0.653. The van der Waals surface area contributed by atoms with Crippen molar-refractivity contribution >= 4 is 12.0 Å². The van der Waals surface area contributed by atoms with Crippen LogP contribution in [0, 0.1) is 0 Å². The molecule has 1 aromatic carbocycles. The lowest BCUT2D eigenvalue weighted by Crippen LogP contribution is -2.24. The summed E-state index contributed by atoms with van der Waals surface area (Å²) in [4.78, 5) is 11.7. The maximum absolute atomic E-state index is 11.7. The minimum absolute atomic E-state index is 0.123. The zero-order valence-corrected chi connectivity index (χ0v) is 12.2. The predicted octanol–water partition coefficient (Wildman–Crippen LogP) is 1.63. The number of amides is 1. The predicted molar refractivity (Wildman–Crippen MR) is 80.4 cm³/mol. The van der Waals surface area contributed by atoms with Gasteiger partial charge in [0, 0.05) is 19.0 Å². The van der Waals surface area contributed by atoms with Gasteiger partial charge in [-0.1, -0.05) is 30.3 Å². The Kier molecular flexibility index (Phi) is 5.20. The van der Waals surface area contributed by atoms with Gasteiger partial charge in [-0.2, -0.15) is 0 Å². The standard InChI is InChI=1S/C15H19N5O/c1-12(2)20-14(17-18-19-20)10-11-16-15(21)9-8-13-6-4-3-5-7-13/h3-9,12H,10-11H2,1-2H3,(H,16,21)/b9-8+. The molecule has 0 radical (unpaired) electrons. The minimum atomic E-state index is -0.123. The molecule has 2 rings (SSSR count). The number of carbonyl (C=O) groups is 1. The lowest BCUT2D eigenvalue weighted by Gasteiger charge is -2.07. The Morgan fingerprint density at radius 3 is 2.81 bits per heavy atom. The van der Waals surface area contributed by atoms with Crippen molar-refractivity contribution in [3.63, 3.8) is 0 Å². The molecule has 6 nitrogen and oxygen atoms in total. The Morgan fingerprint density at radius 1 is 1.33 bits per heavy atom. The molecular formula is C15H19N5O. The molecule has 0 aliphatic rings. The van der Waals surface area contributed by atoms with Crippen molar-refractivity contribution in [2.45, 2.75) is 26.3 Å². The molecule has 0 saturated heterocycles. The summed E-state index contributed by atoms with van der Waals surface area (Å²) in [5, 5.41) is 14.4. The average molecular weight is 285 g/mol. The van der Waals surface area contributed by atoms with Crippen LogP contribution in [-0.4, -0.2) is 32.7 Å². The quantitative estimate of drug-likeness (QED) is 0.819. The second kappa shape index (κ2) is 7.33. The second-order valence-corrected chi connectivity index (χ2v) is 4.92. The van der Waals surface area contributed by atoms with E-state index in [0.29, 0.717) is 13.0 Å². The van der Waals surface area contributed by atoms with E-state index in [1.807, 2.05) is 44.2 Å². The lowest BCUT2D eigenvalue weighted by atomic mass is 10.2. The van der Waals surface area contributed by atoms with Gasteiger partial charge < -0.3 is 5.32 Å². The van der Waals surface area contributed by atoms with Gasteiger partial charge in [0.05, 0.1) is 6.04 Å². The molecule has 0 spiro atoms. The number of rotatable bonds is 6. The first kappa shape index (κ1) is 14.9. The number of tetrazole rings is 1. The molecule has 0 aliphatic heterocycles. The smallest absolute Gasteiger partial charge is 0.244 e. The minimum Gasteiger partial charge on any atom is -0.352 e. The van der Waals surface area contributed by atoms with E-state index in [1.165, 1.54) is 6.08 Å². The van der Waals surface area contributed by atoms with Gasteiger partial charge in [0.15, 0.2) is 5.82 Å². The molecule has 2 aromatic rings. The average Bonchev–Trinajstić information content (AvgIpc) is 2.95. The molecule has 1 amide bonds. The normalized spacial score (nSPS) is 11.2. The highest BCUT2D eigenvalue weighted by atomic mass is 16.1. The first-order valence-corrected chi connectivity index (χ1v) is 6.94. The van der Waals surface area contributed by atoms with Crippen LogP contribution in [0.4, 0.5) is 0 Å². The molecular weight excluding hydrogens is 266 g/mol. The number of nitrogens with one attached hydrogen (secondary N) is 1. The van der Waals surface area contributed by atoms with Crippen LogP contribution in [0.15, 0.2) is 36.4 Å². The Balaban J connectivity index is 1.79. The summed E-state index contributed by atoms with van der Waals surface area (Å²) >= 11 is 0. The third kappa shape index (κ3) is 4.52. The third-order valence-electron chi connectivity index (χ3n) is 2.92. The van der Waals surface area contributed by atoms with Crippen LogP contribution in [0.1, 0.15) is 31.3 Å². The molecule has 0 unspecified atom stereocenters. The Labute approximate surface area is 123 Å². The van der Waals surface area contributed by atoms with Gasteiger partial charge in [0.25, 0.3) is 0 Å². The Hall–Kier alpha value is -2.50. The molecule has 0 bridgehead atoms. The van der Waals surface area contributed by atoms with Gasteiger partial charge in [-0.05, 0) is 35.9 Å². The monoisotopic (exact) mass is 285 g/mol. The van der Waals surface area contributed by atoms with Crippen LogP contribution in [0.3, 0.4) is 0 Å². The van der Waals surface area contributed by atoms with Gasteiger partial charge in [0.1, 0.15) is 0 Å². The third-order valence-corrected chi connectivity index (χ3v) is 2.92. The van der Waals surface area contributed by atoms with E-state index in [9.17, 15) is 4.79 Å². The number of nitrogens with zero attached hydrogens (tertiary/aromatic N) is 4. The highest BCUT2D eigenvalue weighted by Crippen LogP contribution is 2.04. The summed E-state index contributed by atoms with van der Waals surface area (Å²) < 4.78 is 1.76. The first-order valence-electron chi connectivity index (χ1n) is 6.94. The van der Waals surface area contributed by atoms with Crippen LogP contribution in [0.25, 0.3) is 6.08 Å². The van der Waals surface area contributed by atoms with Crippen LogP contribution in [0.5, 0.6) is 0 Å². The van der Waals surface area contributed by atoms with Gasteiger partial charge in [-0.3, -0.25) is 4.79 Å². The maximum Gasteiger partial charge on any atom is 0.244 e. The fourth-order valence-electron chi connectivity index (χ4n) is 1.87. The molecule has 0 saturated carbocycles.